The molecule has 25 heavy (non-hydrogen) atoms. The maximum Gasteiger partial charge on any atom is 0.326 e. The third-order valence-corrected chi connectivity index (χ3v) is 5.46. The van der Waals surface area contributed by atoms with Crippen molar-refractivity contribution in [2.75, 3.05) is 18.6 Å². The monoisotopic (exact) mass is 397 g/mol. The van der Waals surface area contributed by atoms with Gasteiger partial charge in [0.2, 0.25) is 0 Å². The van der Waals surface area contributed by atoms with E-state index >= 15 is 0 Å². The van der Waals surface area contributed by atoms with Crippen LogP contribution in [0.2, 0.25) is 0 Å². The summed E-state index contributed by atoms with van der Waals surface area (Å²) in [6.45, 7) is 2.46. The van der Waals surface area contributed by atoms with Gasteiger partial charge in [0.15, 0.2) is 0 Å². The van der Waals surface area contributed by atoms with Crippen molar-refractivity contribution in [3.63, 3.8) is 0 Å². The topological polar surface area (TPSA) is 66.8 Å². The van der Waals surface area contributed by atoms with Gasteiger partial charge in [0.05, 0.1) is 11.5 Å². The van der Waals surface area contributed by atoms with Gasteiger partial charge >= 0.3 is 5.97 Å². The molecule has 5 nitrogen and oxygen atoms in total. The minimum atomic E-state index is -1.04. The Bertz CT molecular complexity index is 705. The summed E-state index contributed by atoms with van der Waals surface area (Å²) in [7, 11) is 0. The van der Waals surface area contributed by atoms with E-state index in [1.165, 1.54) is 16.7 Å². The van der Waals surface area contributed by atoms with Crippen LogP contribution in [-0.4, -0.2) is 50.9 Å². The summed E-state index contributed by atoms with van der Waals surface area (Å²) in [4.78, 5) is 25.9. The number of thioether (sulfide) groups is 2. The Kier molecular flexibility index (Phi) is 7.34. The highest BCUT2D eigenvalue weighted by molar-refractivity contribution is 8.26. The van der Waals surface area contributed by atoms with Crippen molar-refractivity contribution in [2.24, 2.45) is 0 Å². The zero-order valence-electron chi connectivity index (χ0n) is 13.9. The van der Waals surface area contributed by atoms with Crippen LogP contribution in [0.5, 0.6) is 5.75 Å². The van der Waals surface area contributed by atoms with Gasteiger partial charge in [-0.25, -0.2) is 4.79 Å². The molecule has 1 N–H and O–H groups in total. The third kappa shape index (κ3) is 4.99. The molecular formula is C17H19NO4S3. The maximum absolute atomic E-state index is 12.7. The first-order valence-electron chi connectivity index (χ1n) is 7.69. The van der Waals surface area contributed by atoms with Gasteiger partial charge < -0.3 is 9.84 Å². The lowest BCUT2D eigenvalue weighted by Gasteiger charge is -2.22. The molecule has 0 radical (unpaired) electrons. The Hall–Kier alpha value is -1.51. The number of carboxylic acid groups (broad SMARTS) is 1. The molecule has 0 unspecified atom stereocenters. The Morgan fingerprint density at radius 2 is 2.28 bits per heavy atom. The first kappa shape index (κ1) is 19.8. The summed E-state index contributed by atoms with van der Waals surface area (Å²) in [5.41, 5.74) is 0.808. The van der Waals surface area contributed by atoms with Crippen LogP contribution in [0.3, 0.4) is 0 Å². The van der Waals surface area contributed by atoms with Crippen molar-refractivity contribution in [3.05, 3.63) is 34.7 Å². The zero-order valence-corrected chi connectivity index (χ0v) is 16.4. The fourth-order valence-electron chi connectivity index (χ4n) is 2.35. The lowest BCUT2D eigenvalue weighted by molar-refractivity contribution is -0.145. The Morgan fingerprint density at radius 3 is 2.92 bits per heavy atom. The Labute approximate surface area is 160 Å². The second-order valence-electron chi connectivity index (χ2n) is 5.19. The average molecular weight is 398 g/mol. The molecule has 0 aromatic heterocycles. The SMILES string of the molecule is CCOc1cccc(/C=C2/SC(=S)N([C@@H](CCSC)C(=O)O)C2=O)c1. The zero-order chi connectivity index (χ0) is 18.4. The number of nitrogens with zero attached hydrogens (tertiary/aromatic N) is 1. The molecule has 2 rings (SSSR count). The summed E-state index contributed by atoms with van der Waals surface area (Å²) in [5, 5.41) is 9.46. The van der Waals surface area contributed by atoms with E-state index in [4.69, 9.17) is 17.0 Å². The molecular weight excluding hydrogens is 378 g/mol. The number of carbonyl (C=O) groups excluding carboxylic acids is 1. The number of benzene rings is 1. The predicted molar refractivity (Wildman–Crippen MR) is 107 cm³/mol. The molecule has 0 bridgehead atoms. The Balaban J connectivity index is 2.24. The van der Waals surface area contributed by atoms with Gasteiger partial charge in [-0.3, -0.25) is 9.69 Å². The quantitative estimate of drug-likeness (QED) is 0.532. The van der Waals surface area contributed by atoms with Gasteiger partial charge in [-0.05, 0) is 49.1 Å². The minimum Gasteiger partial charge on any atom is -0.494 e. The normalized spacial score (nSPS) is 17.2. The van der Waals surface area contributed by atoms with Crippen LogP contribution in [0, 0.1) is 0 Å². The number of aliphatic carboxylic acids is 1. The maximum atomic E-state index is 12.7. The molecule has 1 amide bonds. The lowest BCUT2D eigenvalue weighted by atomic mass is 10.1. The highest BCUT2D eigenvalue weighted by Crippen LogP contribution is 2.35. The van der Waals surface area contributed by atoms with Crippen molar-refractivity contribution in [3.8, 4) is 5.75 Å². The number of hydrogen-bond donors (Lipinski definition) is 1. The molecule has 0 spiro atoms. The van der Waals surface area contributed by atoms with Crippen molar-refractivity contribution >= 4 is 58.0 Å². The van der Waals surface area contributed by atoms with Crippen LogP contribution in [0.25, 0.3) is 6.08 Å². The molecule has 1 atom stereocenters. The van der Waals surface area contributed by atoms with Gasteiger partial charge in [0.1, 0.15) is 16.1 Å². The van der Waals surface area contributed by atoms with Crippen LogP contribution in [-0.2, 0) is 9.59 Å². The van der Waals surface area contributed by atoms with E-state index in [9.17, 15) is 14.7 Å². The average Bonchev–Trinajstić information content (AvgIpc) is 2.83. The lowest BCUT2D eigenvalue weighted by Crippen LogP contribution is -2.44. The molecule has 134 valence electrons. The summed E-state index contributed by atoms with van der Waals surface area (Å²) in [6.07, 6.45) is 3.97. The molecule has 1 fully saturated rings. The molecule has 1 heterocycles. The van der Waals surface area contributed by atoms with Gasteiger partial charge in [0.25, 0.3) is 5.91 Å². The number of amides is 1. The van der Waals surface area contributed by atoms with E-state index in [2.05, 4.69) is 0 Å². The van der Waals surface area contributed by atoms with E-state index in [1.807, 2.05) is 37.4 Å². The van der Waals surface area contributed by atoms with Gasteiger partial charge in [-0.2, -0.15) is 11.8 Å². The van der Waals surface area contributed by atoms with E-state index in [0.29, 0.717) is 23.7 Å². The molecule has 1 aliphatic rings. The fourth-order valence-corrected chi connectivity index (χ4v) is 4.17. The second-order valence-corrected chi connectivity index (χ2v) is 7.85. The van der Waals surface area contributed by atoms with E-state index < -0.39 is 12.0 Å². The van der Waals surface area contributed by atoms with Crippen LogP contribution >= 0.6 is 35.7 Å². The summed E-state index contributed by atoms with van der Waals surface area (Å²) >= 11 is 7.93. The molecule has 1 aromatic rings. The van der Waals surface area contributed by atoms with E-state index in [0.717, 1.165) is 23.1 Å². The van der Waals surface area contributed by atoms with Gasteiger partial charge in [0, 0.05) is 0 Å². The molecule has 1 aliphatic heterocycles. The predicted octanol–water partition coefficient (Wildman–Crippen LogP) is 3.49. The van der Waals surface area contributed by atoms with E-state index in [1.54, 1.807) is 6.08 Å². The molecule has 0 saturated carbocycles. The first-order valence-corrected chi connectivity index (χ1v) is 10.3. The van der Waals surface area contributed by atoms with Gasteiger partial charge in [-0.1, -0.05) is 36.1 Å². The summed E-state index contributed by atoms with van der Waals surface area (Å²) in [6, 6.07) is 6.45. The summed E-state index contributed by atoms with van der Waals surface area (Å²) in [5.74, 6) is -0.0332. The van der Waals surface area contributed by atoms with Crippen LogP contribution < -0.4 is 4.74 Å². The third-order valence-electron chi connectivity index (χ3n) is 3.48. The first-order chi connectivity index (χ1) is 12.0. The minimum absolute atomic E-state index is 0.283. The number of thiocarbonyl (C=S) groups is 1. The van der Waals surface area contributed by atoms with Crippen molar-refractivity contribution in [1.82, 2.24) is 4.90 Å². The molecule has 8 heteroatoms. The highest BCUT2D eigenvalue weighted by Gasteiger charge is 2.40. The van der Waals surface area contributed by atoms with Crippen LogP contribution in [0.4, 0.5) is 0 Å². The highest BCUT2D eigenvalue weighted by atomic mass is 32.2. The number of ether oxygens (including phenoxy) is 1. The number of rotatable bonds is 8. The molecule has 0 aliphatic carbocycles. The van der Waals surface area contributed by atoms with Crippen LogP contribution in [0.15, 0.2) is 29.2 Å². The molecule has 1 aromatic carbocycles. The smallest absolute Gasteiger partial charge is 0.326 e. The number of hydrogen-bond acceptors (Lipinski definition) is 6. The summed E-state index contributed by atoms with van der Waals surface area (Å²) < 4.78 is 5.74. The fraction of sp³-hybridized carbons (Fsp3) is 0.353. The standard InChI is InChI=1S/C17H19NO4S3/c1-3-22-12-6-4-5-11(9-12)10-14-15(19)18(17(23)25-14)13(16(20)21)7-8-24-2/h4-6,9-10,13H,3,7-8H2,1-2H3,(H,20,21)/b14-10+/t13-/m0/s1. The molecule has 1 saturated heterocycles. The number of carbonyl (C=O) groups is 2. The van der Waals surface area contributed by atoms with Gasteiger partial charge in [-0.15, -0.1) is 0 Å². The largest absolute Gasteiger partial charge is 0.494 e. The Morgan fingerprint density at radius 1 is 1.52 bits per heavy atom. The van der Waals surface area contributed by atoms with Crippen molar-refractivity contribution in [1.29, 1.82) is 0 Å². The second kappa shape index (κ2) is 9.26. The van der Waals surface area contributed by atoms with Crippen molar-refractivity contribution in [2.45, 2.75) is 19.4 Å². The van der Waals surface area contributed by atoms with E-state index in [-0.39, 0.29) is 10.2 Å². The van der Waals surface area contributed by atoms with Crippen molar-refractivity contribution < 1.29 is 19.4 Å². The number of carboxylic acids is 1. The van der Waals surface area contributed by atoms with Crippen LogP contribution in [0.1, 0.15) is 18.9 Å².